The molecule has 1 heterocycles. The maximum atomic E-state index is 11.3. The van der Waals surface area contributed by atoms with Gasteiger partial charge < -0.3 is 4.74 Å². The highest BCUT2D eigenvalue weighted by Gasteiger charge is 2.27. The van der Waals surface area contributed by atoms with Crippen molar-refractivity contribution in [2.75, 3.05) is 19.0 Å². The first-order chi connectivity index (χ1) is 9.52. The maximum Gasteiger partial charge on any atom is 0.411 e. The van der Waals surface area contributed by atoms with Crippen LogP contribution in [0.5, 0.6) is 0 Å². The minimum absolute atomic E-state index is 0.168. The van der Waals surface area contributed by atoms with Crippen molar-refractivity contribution in [2.45, 2.75) is 23.8 Å². The molecule has 0 aliphatic carbocycles. The number of amides is 1. The monoisotopic (exact) mass is 318 g/mol. The minimum atomic E-state index is -2.72. The predicted molar refractivity (Wildman–Crippen MR) is 75.6 cm³/mol. The summed E-state index contributed by atoms with van der Waals surface area (Å²) in [6.45, 7) is 0.704. The molecule has 0 aromatic heterocycles. The van der Waals surface area contributed by atoms with Gasteiger partial charge in [-0.3, -0.25) is 5.32 Å². The Kier molecular flexibility index (Phi) is 4.85. The SMILES string of the molecule is COC(=O)Nc1ccc([SH](=O)=O)c([C@@H]2CCCN2Cl)c1. The molecule has 6 nitrogen and oxygen atoms in total. The lowest BCUT2D eigenvalue weighted by Crippen LogP contribution is -2.15. The first-order valence-electron chi connectivity index (χ1n) is 6.08. The molecular weight excluding hydrogens is 304 g/mol. The summed E-state index contributed by atoms with van der Waals surface area (Å²) in [6.07, 6.45) is 1.07. The average molecular weight is 319 g/mol. The molecule has 20 heavy (non-hydrogen) atoms. The van der Waals surface area contributed by atoms with E-state index in [4.69, 9.17) is 11.8 Å². The van der Waals surface area contributed by atoms with Crippen LogP contribution in [0, 0.1) is 0 Å². The van der Waals surface area contributed by atoms with E-state index in [9.17, 15) is 13.2 Å². The number of hydrogen-bond donors (Lipinski definition) is 2. The molecule has 1 atom stereocenters. The third kappa shape index (κ3) is 3.23. The van der Waals surface area contributed by atoms with Crippen molar-refractivity contribution in [1.29, 1.82) is 0 Å². The molecule has 0 radical (unpaired) electrons. The number of methoxy groups -OCH3 is 1. The van der Waals surface area contributed by atoms with Gasteiger partial charge in [-0.05, 0) is 48.4 Å². The van der Waals surface area contributed by atoms with Crippen molar-refractivity contribution in [3.05, 3.63) is 23.8 Å². The van der Waals surface area contributed by atoms with Crippen LogP contribution in [-0.4, -0.2) is 32.6 Å². The summed E-state index contributed by atoms with van der Waals surface area (Å²) in [7, 11) is -1.46. The first kappa shape index (κ1) is 15.1. The van der Waals surface area contributed by atoms with Crippen LogP contribution in [0.2, 0.25) is 0 Å². The number of benzene rings is 1. The van der Waals surface area contributed by atoms with Crippen molar-refractivity contribution in [1.82, 2.24) is 4.42 Å². The van der Waals surface area contributed by atoms with Crippen molar-refractivity contribution in [3.63, 3.8) is 0 Å². The minimum Gasteiger partial charge on any atom is -0.453 e. The highest BCUT2D eigenvalue weighted by Crippen LogP contribution is 2.36. The summed E-state index contributed by atoms with van der Waals surface area (Å²) < 4.78 is 28.8. The molecule has 0 unspecified atom stereocenters. The van der Waals surface area contributed by atoms with E-state index in [1.165, 1.54) is 19.2 Å². The van der Waals surface area contributed by atoms with Gasteiger partial charge in [0.25, 0.3) is 0 Å². The summed E-state index contributed by atoms with van der Waals surface area (Å²) in [4.78, 5) is 11.4. The molecule has 110 valence electrons. The highest BCUT2D eigenvalue weighted by atomic mass is 35.5. The van der Waals surface area contributed by atoms with E-state index < -0.39 is 16.8 Å². The number of rotatable bonds is 3. The second-order valence-electron chi connectivity index (χ2n) is 4.43. The molecule has 1 aliphatic rings. The fourth-order valence-corrected chi connectivity index (χ4v) is 3.22. The van der Waals surface area contributed by atoms with E-state index in [2.05, 4.69) is 10.1 Å². The molecule has 1 aromatic rings. The van der Waals surface area contributed by atoms with E-state index in [0.29, 0.717) is 17.8 Å². The van der Waals surface area contributed by atoms with Gasteiger partial charge in [-0.2, -0.15) is 0 Å². The number of thiol groups is 1. The quantitative estimate of drug-likeness (QED) is 0.659. The lowest BCUT2D eigenvalue weighted by atomic mass is 10.0. The fourth-order valence-electron chi connectivity index (χ4n) is 2.27. The summed E-state index contributed by atoms with van der Waals surface area (Å²) in [6, 6.07) is 4.45. The zero-order valence-corrected chi connectivity index (χ0v) is 12.5. The Morgan fingerprint density at radius 1 is 1.50 bits per heavy atom. The zero-order valence-electron chi connectivity index (χ0n) is 10.8. The molecule has 1 saturated heterocycles. The Bertz CT molecular complexity index is 583. The summed E-state index contributed by atoms with van der Waals surface area (Å²) in [5.74, 6) is 0. The van der Waals surface area contributed by atoms with E-state index in [1.807, 2.05) is 0 Å². The standard InChI is InChI=1S/C12H15ClN2O4S/c1-19-12(16)14-8-4-5-11(20(17)18)9(7-8)10-3-2-6-15(10)13/h4-5,7,10,20H,2-3,6H2,1H3,(H,14,16)/t10-/m0/s1. The van der Waals surface area contributed by atoms with Crippen molar-refractivity contribution in [3.8, 4) is 0 Å². The Balaban J connectivity index is 2.39. The van der Waals surface area contributed by atoms with Crippen LogP contribution < -0.4 is 5.32 Å². The van der Waals surface area contributed by atoms with Crippen molar-refractivity contribution >= 4 is 34.3 Å². The predicted octanol–water partition coefficient (Wildman–Crippen LogP) is 2.13. The molecular formula is C12H15ClN2O4S. The van der Waals surface area contributed by atoms with Gasteiger partial charge in [-0.25, -0.2) is 17.6 Å². The van der Waals surface area contributed by atoms with Gasteiger partial charge >= 0.3 is 6.09 Å². The third-order valence-electron chi connectivity index (χ3n) is 3.20. The van der Waals surface area contributed by atoms with Gasteiger partial charge in [-0.15, -0.1) is 0 Å². The molecule has 8 heteroatoms. The summed E-state index contributed by atoms with van der Waals surface area (Å²) in [5, 5.41) is 2.52. The van der Waals surface area contributed by atoms with Gasteiger partial charge in [-0.1, -0.05) is 0 Å². The largest absolute Gasteiger partial charge is 0.453 e. The van der Waals surface area contributed by atoms with Gasteiger partial charge in [0.05, 0.1) is 18.0 Å². The van der Waals surface area contributed by atoms with E-state index in [1.54, 1.807) is 10.5 Å². The number of halogens is 1. The summed E-state index contributed by atoms with van der Waals surface area (Å²) in [5.41, 5.74) is 1.08. The van der Waals surface area contributed by atoms with Crippen LogP contribution in [0.15, 0.2) is 23.1 Å². The number of hydrogen-bond acceptors (Lipinski definition) is 5. The number of carbonyl (C=O) groups excluding carboxylic acids is 1. The number of anilines is 1. The van der Waals surface area contributed by atoms with Crippen LogP contribution in [0.1, 0.15) is 24.4 Å². The van der Waals surface area contributed by atoms with E-state index >= 15 is 0 Å². The molecule has 1 aromatic carbocycles. The number of carbonyl (C=O) groups is 1. The maximum absolute atomic E-state index is 11.3. The molecule has 1 amide bonds. The van der Waals surface area contributed by atoms with E-state index in [-0.39, 0.29) is 10.9 Å². The molecule has 0 bridgehead atoms. The summed E-state index contributed by atoms with van der Waals surface area (Å²) >= 11 is 6.10. The topological polar surface area (TPSA) is 75.7 Å². The molecule has 2 rings (SSSR count). The first-order valence-corrected chi connectivity index (χ1v) is 7.60. The molecule has 1 aliphatic heterocycles. The molecule has 0 saturated carbocycles. The third-order valence-corrected chi connectivity index (χ3v) is 4.41. The van der Waals surface area contributed by atoms with Crippen LogP contribution in [-0.2, 0) is 15.4 Å². The van der Waals surface area contributed by atoms with Gasteiger partial charge in [0.15, 0.2) is 10.7 Å². The van der Waals surface area contributed by atoms with E-state index in [0.717, 1.165) is 12.8 Å². The Hall–Kier alpha value is -1.31. The van der Waals surface area contributed by atoms with Crippen LogP contribution in [0.25, 0.3) is 0 Å². The molecule has 1 fully saturated rings. The van der Waals surface area contributed by atoms with Crippen LogP contribution in [0.3, 0.4) is 0 Å². The Morgan fingerprint density at radius 2 is 2.25 bits per heavy atom. The van der Waals surface area contributed by atoms with Crippen LogP contribution in [0.4, 0.5) is 10.5 Å². The zero-order chi connectivity index (χ0) is 14.7. The fraction of sp³-hybridized carbons (Fsp3) is 0.417. The van der Waals surface area contributed by atoms with Gasteiger partial charge in [0.1, 0.15) is 0 Å². The van der Waals surface area contributed by atoms with Crippen molar-refractivity contribution < 1.29 is 17.9 Å². The Morgan fingerprint density at radius 3 is 2.80 bits per heavy atom. The lowest BCUT2D eigenvalue weighted by molar-refractivity contribution is 0.187. The van der Waals surface area contributed by atoms with Gasteiger partial charge in [0, 0.05) is 12.2 Å². The van der Waals surface area contributed by atoms with Crippen molar-refractivity contribution in [2.24, 2.45) is 0 Å². The second kappa shape index (κ2) is 6.43. The Labute approximate surface area is 123 Å². The smallest absolute Gasteiger partial charge is 0.411 e. The molecule has 1 N–H and O–H groups in total. The average Bonchev–Trinajstić information content (AvgIpc) is 2.84. The number of nitrogens with zero attached hydrogens (tertiary/aromatic N) is 1. The second-order valence-corrected chi connectivity index (χ2v) is 5.86. The number of nitrogens with one attached hydrogen (secondary N) is 1. The highest BCUT2D eigenvalue weighted by molar-refractivity contribution is 7.72. The number of ether oxygens (including phenoxy) is 1. The lowest BCUT2D eigenvalue weighted by Gasteiger charge is -2.19. The van der Waals surface area contributed by atoms with Crippen LogP contribution >= 0.6 is 11.8 Å². The normalized spacial score (nSPS) is 19.2. The van der Waals surface area contributed by atoms with Gasteiger partial charge in [0.2, 0.25) is 0 Å². The molecule has 0 spiro atoms.